The number of unbranched alkanes of at least 4 members (excludes halogenated alkanes) is 2. The van der Waals surface area contributed by atoms with Crippen molar-refractivity contribution in [2.75, 3.05) is 20.3 Å². The number of nitrogens with one attached hydrogen (secondary N) is 1. The van der Waals surface area contributed by atoms with Crippen molar-refractivity contribution in [2.24, 2.45) is 0 Å². The second-order valence-electron chi connectivity index (χ2n) is 5.34. The second-order valence-corrected chi connectivity index (χ2v) is 5.34. The summed E-state index contributed by atoms with van der Waals surface area (Å²) < 4.78 is 4.98. The molecule has 1 aliphatic rings. The third kappa shape index (κ3) is 3.45. The lowest BCUT2D eigenvalue weighted by atomic mass is 9.97. The van der Waals surface area contributed by atoms with Crippen LogP contribution < -0.4 is 5.32 Å². The fourth-order valence-corrected chi connectivity index (χ4v) is 2.14. The van der Waals surface area contributed by atoms with Crippen molar-refractivity contribution >= 4 is 11.8 Å². The zero-order chi connectivity index (χ0) is 13.8. The first-order valence-electron chi connectivity index (χ1n) is 6.52. The summed E-state index contributed by atoms with van der Waals surface area (Å²) in [5, 5.41) is 2.75. The van der Waals surface area contributed by atoms with E-state index in [9.17, 15) is 9.59 Å². The van der Waals surface area contributed by atoms with E-state index in [1.54, 1.807) is 32.8 Å². The molecule has 1 N–H and O–H groups in total. The number of piperazine rings is 1. The maximum atomic E-state index is 12.2. The molecule has 1 rings (SSSR count). The van der Waals surface area contributed by atoms with E-state index in [4.69, 9.17) is 4.74 Å². The lowest BCUT2D eigenvalue weighted by Gasteiger charge is -2.41. The van der Waals surface area contributed by atoms with Crippen molar-refractivity contribution in [3.8, 4) is 0 Å². The summed E-state index contributed by atoms with van der Waals surface area (Å²) >= 11 is 0. The monoisotopic (exact) mass is 256 g/mol. The predicted octanol–water partition coefficient (Wildman–Crippen LogP) is 0.929. The number of ether oxygens (including phenoxy) is 1. The van der Waals surface area contributed by atoms with Crippen LogP contribution in [-0.2, 0) is 14.3 Å². The molecule has 5 heteroatoms. The number of hydrogen-bond acceptors (Lipinski definition) is 3. The smallest absolute Gasteiger partial charge is 0.248 e. The van der Waals surface area contributed by atoms with Crippen LogP contribution in [0, 0.1) is 0 Å². The minimum atomic E-state index is -0.782. The zero-order valence-electron chi connectivity index (χ0n) is 11.8. The Morgan fingerprint density at radius 3 is 2.56 bits per heavy atom. The van der Waals surface area contributed by atoms with Crippen LogP contribution in [0.5, 0.6) is 0 Å². The summed E-state index contributed by atoms with van der Waals surface area (Å²) in [7, 11) is 1.68. The second kappa shape index (κ2) is 6.18. The molecule has 0 aromatic heterocycles. The number of hydrogen-bond donors (Lipinski definition) is 1. The van der Waals surface area contributed by atoms with Gasteiger partial charge in [0, 0.05) is 20.3 Å². The van der Waals surface area contributed by atoms with E-state index in [1.165, 1.54) is 0 Å². The fraction of sp³-hybridized carbons (Fsp3) is 0.846. The third-order valence-corrected chi connectivity index (χ3v) is 3.33. The largest absolute Gasteiger partial charge is 0.385 e. The highest BCUT2D eigenvalue weighted by atomic mass is 16.5. The molecule has 0 bridgehead atoms. The molecule has 1 saturated heterocycles. The van der Waals surface area contributed by atoms with Crippen LogP contribution in [0.3, 0.4) is 0 Å². The van der Waals surface area contributed by atoms with Gasteiger partial charge in [0.2, 0.25) is 11.8 Å². The van der Waals surface area contributed by atoms with Crippen molar-refractivity contribution in [1.29, 1.82) is 0 Å². The summed E-state index contributed by atoms with van der Waals surface area (Å²) in [6, 6.07) is -0.368. The van der Waals surface area contributed by atoms with Gasteiger partial charge in [-0.05, 0) is 40.0 Å². The van der Waals surface area contributed by atoms with Gasteiger partial charge in [0.05, 0.1) is 0 Å². The predicted molar refractivity (Wildman–Crippen MR) is 69.1 cm³/mol. The number of carbonyl (C=O) groups excluding carboxylic acids is 2. The maximum absolute atomic E-state index is 12.2. The van der Waals surface area contributed by atoms with E-state index >= 15 is 0 Å². The van der Waals surface area contributed by atoms with Crippen LogP contribution in [0.2, 0.25) is 0 Å². The zero-order valence-corrected chi connectivity index (χ0v) is 11.8. The molecule has 1 aliphatic heterocycles. The van der Waals surface area contributed by atoms with Crippen molar-refractivity contribution in [2.45, 2.75) is 51.6 Å². The highest BCUT2D eigenvalue weighted by Gasteiger charge is 2.42. The van der Waals surface area contributed by atoms with Gasteiger partial charge in [-0.25, -0.2) is 0 Å². The van der Waals surface area contributed by atoms with Gasteiger partial charge in [0.15, 0.2) is 0 Å². The van der Waals surface area contributed by atoms with Crippen LogP contribution in [0.25, 0.3) is 0 Å². The van der Waals surface area contributed by atoms with E-state index in [0.717, 1.165) is 25.9 Å². The average Bonchev–Trinajstić information content (AvgIpc) is 2.30. The average molecular weight is 256 g/mol. The van der Waals surface area contributed by atoms with Crippen molar-refractivity contribution in [1.82, 2.24) is 10.2 Å². The van der Waals surface area contributed by atoms with Crippen LogP contribution in [-0.4, -0.2) is 48.6 Å². The lowest BCUT2D eigenvalue weighted by molar-refractivity contribution is -0.152. The standard InChI is InChI=1S/C13H24N2O3/c1-10-11(16)14-13(2,3)12(17)15(10)8-6-5-7-9-18-4/h10H,5-9H2,1-4H3,(H,14,16). The molecule has 0 aromatic rings. The summed E-state index contributed by atoms with van der Waals surface area (Å²) in [4.78, 5) is 25.7. The first kappa shape index (κ1) is 15.0. The molecule has 0 aliphatic carbocycles. The molecule has 1 heterocycles. The maximum Gasteiger partial charge on any atom is 0.248 e. The molecule has 1 atom stereocenters. The summed E-state index contributed by atoms with van der Waals surface area (Å²) in [6.45, 7) is 6.65. The third-order valence-electron chi connectivity index (χ3n) is 3.33. The summed E-state index contributed by atoms with van der Waals surface area (Å²) in [6.07, 6.45) is 2.90. The van der Waals surface area contributed by atoms with Gasteiger partial charge in [-0.2, -0.15) is 0 Å². The Labute approximate surface area is 109 Å². The molecule has 2 amide bonds. The first-order chi connectivity index (χ1) is 8.40. The van der Waals surface area contributed by atoms with E-state index < -0.39 is 5.54 Å². The molecule has 104 valence electrons. The quantitative estimate of drug-likeness (QED) is 0.719. The van der Waals surface area contributed by atoms with E-state index in [-0.39, 0.29) is 17.9 Å². The normalized spacial score (nSPS) is 23.1. The molecule has 0 aromatic carbocycles. The number of methoxy groups -OCH3 is 1. The lowest BCUT2D eigenvalue weighted by Crippen LogP contribution is -2.67. The molecule has 1 fully saturated rings. The van der Waals surface area contributed by atoms with Crippen LogP contribution in [0.4, 0.5) is 0 Å². The van der Waals surface area contributed by atoms with Crippen LogP contribution in [0.15, 0.2) is 0 Å². The molecule has 0 radical (unpaired) electrons. The number of carbonyl (C=O) groups is 2. The van der Waals surface area contributed by atoms with Gasteiger partial charge < -0.3 is 15.0 Å². The summed E-state index contributed by atoms with van der Waals surface area (Å²) in [5.74, 6) is -0.0715. The van der Waals surface area contributed by atoms with Gasteiger partial charge in [-0.15, -0.1) is 0 Å². The molecular formula is C13H24N2O3. The Morgan fingerprint density at radius 1 is 1.28 bits per heavy atom. The highest BCUT2D eigenvalue weighted by Crippen LogP contribution is 2.18. The minimum Gasteiger partial charge on any atom is -0.385 e. The van der Waals surface area contributed by atoms with Crippen LogP contribution >= 0.6 is 0 Å². The highest BCUT2D eigenvalue weighted by molar-refractivity contribution is 5.99. The van der Waals surface area contributed by atoms with Gasteiger partial charge >= 0.3 is 0 Å². The van der Waals surface area contributed by atoms with Gasteiger partial charge in [0.25, 0.3) is 0 Å². The Morgan fingerprint density at radius 2 is 1.94 bits per heavy atom. The van der Waals surface area contributed by atoms with Crippen LogP contribution in [0.1, 0.15) is 40.0 Å². The Hall–Kier alpha value is -1.10. The van der Waals surface area contributed by atoms with Crippen molar-refractivity contribution in [3.63, 3.8) is 0 Å². The van der Waals surface area contributed by atoms with Crippen molar-refractivity contribution < 1.29 is 14.3 Å². The Balaban J connectivity index is 2.50. The molecule has 0 saturated carbocycles. The first-order valence-corrected chi connectivity index (χ1v) is 6.52. The Bertz CT molecular complexity index is 315. The van der Waals surface area contributed by atoms with Crippen molar-refractivity contribution in [3.05, 3.63) is 0 Å². The minimum absolute atomic E-state index is 0.00124. The topological polar surface area (TPSA) is 58.6 Å². The molecule has 1 unspecified atom stereocenters. The molecule has 0 spiro atoms. The van der Waals surface area contributed by atoms with Gasteiger partial charge in [0.1, 0.15) is 11.6 Å². The fourth-order valence-electron chi connectivity index (χ4n) is 2.14. The SMILES string of the molecule is COCCCCCN1C(=O)C(C)(C)NC(=O)C1C. The van der Waals surface area contributed by atoms with Gasteiger partial charge in [-0.3, -0.25) is 9.59 Å². The summed E-state index contributed by atoms with van der Waals surface area (Å²) in [5.41, 5.74) is -0.782. The molecule has 18 heavy (non-hydrogen) atoms. The van der Waals surface area contributed by atoms with E-state index in [0.29, 0.717) is 6.54 Å². The van der Waals surface area contributed by atoms with E-state index in [2.05, 4.69) is 5.32 Å². The number of nitrogens with zero attached hydrogens (tertiary/aromatic N) is 1. The Kier molecular flexibility index (Phi) is 5.14. The molecule has 5 nitrogen and oxygen atoms in total. The number of amides is 2. The molecular weight excluding hydrogens is 232 g/mol. The van der Waals surface area contributed by atoms with E-state index in [1.807, 2.05) is 0 Å². The number of rotatable bonds is 6. The van der Waals surface area contributed by atoms with Gasteiger partial charge in [-0.1, -0.05) is 0 Å².